The number of hydrogen-bond donors (Lipinski definition) is 1. The number of ether oxygens (including phenoxy) is 1. The minimum absolute atomic E-state index is 0.333. The van der Waals surface area contributed by atoms with Gasteiger partial charge >= 0.3 is 5.97 Å². The fourth-order valence-corrected chi connectivity index (χ4v) is 2.60. The van der Waals surface area contributed by atoms with E-state index in [1.807, 2.05) is 19.1 Å². The number of carbonyl (C=O) groups excluding carboxylic acids is 1. The number of nitrogens with one attached hydrogen (secondary N) is 1. The lowest BCUT2D eigenvalue weighted by molar-refractivity contribution is 0.0601. The Morgan fingerprint density at radius 3 is 2.67 bits per heavy atom. The van der Waals surface area contributed by atoms with Crippen molar-refractivity contribution in [1.29, 1.82) is 0 Å². The summed E-state index contributed by atoms with van der Waals surface area (Å²) in [7, 11) is 1.38. The first-order valence-electron chi connectivity index (χ1n) is 6.99. The summed E-state index contributed by atoms with van der Waals surface area (Å²) in [6.45, 7) is 1.91. The Balaban J connectivity index is 1.86. The molecule has 0 atom stereocenters. The molecule has 1 N–H and O–H groups in total. The van der Waals surface area contributed by atoms with Crippen molar-refractivity contribution in [2.24, 2.45) is 0 Å². The normalized spacial score (nSPS) is 12.9. The van der Waals surface area contributed by atoms with E-state index >= 15 is 0 Å². The van der Waals surface area contributed by atoms with Gasteiger partial charge in [0, 0.05) is 16.9 Å². The monoisotopic (exact) mass is 283 g/mol. The number of nitrogens with zero attached hydrogens (tertiary/aromatic N) is 2. The minimum Gasteiger partial charge on any atom is -0.465 e. The SMILES string of the molecule is COC(=O)c1ccc(Nc2nc(C)nc3c2CCC3)cc1. The van der Waals surface area contributed by atoms with Crippen LogP contribution in [-0.2, 0) is 17.6 Å². The van der Waals surface area contributed by atoms with Crippen molar-refractivity contribution < 1.29 is 9.53 Å². The van der Waals surface area contributed by atoms with Crippen LogP contribution in [0.4, 0.5) is 11.5 Å². The zero-order valence-corrected chi connectivity index (χ0v) is 12.1. The third-order valence-corrected chi connectivity index (χ3v) is 3.61. The van der Waals surface area contributed by atoms with Crippen LogP contribution in [0.1, 0.15) is 33.9 Å². The van der Waals surface area contributed by atoms with Crippen LogP contribution in [0.15, 0.2) is 24.3 Å². The van der Waals surface area contributed by atoms with Gasteiger partial charge in [0.1, 0.15) is 11.6 Å². The highest BCUT2D eigenvalue weighted by molar-refractivity contribution is 5.89. The molecule has 0 unspecified atom stereocenters. The van der Waals surface area contributed by atoms with E-state index < -0.39 is 0 Å². The first kappa shape index (κ1) is 13.5. The Hall–Kier alpha value is -2.43. The molecule has 1 aromatic heterocycles. The molecule has 0 saturated heterocycles. The predicted molar refractivity (Wildman–Crippen MR) is 79.9 cm³/mol. The third kappa shape index (κ3) is 2.72. The minimum atomic E-state index is -0.333. The molecule has 2 aromatic rings. The molecular formula is C16H17N3O2. The van der Waals surface area contributed by atoms with Crippen molar-refractivity contribution in [2.75, 3.05) is 12.4 Å². The summed E-state index contributed by atoms with van der Waals surface area (Å²) >= 11 is 0. The summed E-state index contributed by atoms with van der Waals surface area (Å²) in [5.41, 5.74) is 3.79. The van der Waals surface area contributed by atoms with Crippen LogP contribution in [0.2, 0.25) is 0 Å². The molecule has 0 amide bonds. The molecule has 0 bridgehead atoms. The maximum atomic E-state index is 11.4. The van der Waals surface area contributed by atoms with Crippen molar-refractivity contribution in [1.82, 2.24) is 9.97 Å². The number of aromatic nitrogens is 2. The van der Waals surface area contributed by atoms with Gasteiger partial charge in [0.2, 0.25) is 0 Å². The smallest absolute Gasteiger partial charge is 0.337 e. The largest absolute Gasteiger partial charge is 0.465 e. The van der Waals surface area contributed by atoms with E-state index in [4.69, 9.17) is 4.74 Å². The molecule has 1 aliphatic rings. The molecule has 1 heterocycles. The summed E-state index contributed by atoms with van der Waals surface area (Å²) in [6, 6.07) is 7.18. The van der Waals surface area contributed by atoms with Crippen molar-refractivity contribution in [3.63, 3.8) is 0 Å². The van der Waals surface area contributed by atoms with E-state index in [1.165, 1.54) is 12.7 Å². The number of fused-ring (bicyclic) bond motifs is 1. The highest BCUT2D eigenvalue weighted by atomic mass is 16.5. The molecule has 5 nitrogen and oxygen atoms in total. The summed E-state index contributed by atoms with van der Waals surface area (Å²) in [5, 5.41) is 3.33. The van der Waals surface area contributed by atoms with Gasteiger partial charge < -0.3 is 10.1 Å². The van der Waals surface area contributed by atoms with E-state index in [0.717, 1.165) is 42.3 Å². The van der Waals surface area contributed by atoms with Gasteiger partial charge in [-0.15, -0.1) is 0 Å². The maximum Gasteiger partial charge on any atom is 0.337 e. The van der Waals surface area contributed by atoms with Crippen LogP contribution in [0.3, 0.4) is 0 Å². The van der Waals surface area contributed by atoms with Gasteiger partial charge in [-0.25, -0.2) is 14.8 Å². The van der Waals surface area contributed by atoms with Gasteiger partial charge in [0.15, 0.2) is 0 Å². The average molecular weight is 283 g/mol. The van der Waals surface area contributed by atoms with Crippen LogP contribution < -0.4 is 5.32 Å². The fraction of sp³-hybridized carbons (Fsp3) is 0.312. The predicted octanol–water partition coefficient (Wildman–Crippen LogP) is 2.80. The second kappa shape index (κ2) is 5.52. The Bertz CT molecular complexity index is 681. The van der Waals surface area contributed by atoms with E-state index in [2.05, 4.69) is 15.3 Å². The third-order valence-electron chi connectivity index (χ3n) is 3.61. The van der Waals surface area contributed by atoms with E-state index in [0.29, 0.717) is 5.56 Å². The number of anilines is 2. The van der Waals surface area contributed by atoms with E-state index in [1.54, 1.807) is 12.1 Å². The van der Waals surface area contributed by atoms with Crippen LogP contribution in [0.5, 0.6) is 0 Å². The van der Waals surface area contributed by atoms with Crippen LogP contribution in [-0.4, -0.2) is 23.0 Å². The molecule has 0 radical (unpaired) electrons. The molecule has 3 rings (SSSR count). The fourth-order valence-electron chi connectivity index (χ4n) is 2.60. The lowest BCUT2D eigenvalue weighted by Crippen LogP contribution is -2.04. The quantitative estimate of drug-likeness (QED) is 0.877. The van der Waals surface area contributed by atoms with Gasteiger partial charge in [-0.2, -0.15) is 0 Å². The van der Waals surface area contributed by atoms with Crippen molar-refractivity contribution in [3.8, 4) is 0 Å². The first-order chi connectivity index (χ1) is 10.2. The number of benzene rings is 1. The Kier molecular flexibility index (Phi) is 3.56. The maximum absolute atomic E-state index is 11.4. The molecule has 21 heavy (non-hydrogen) atoms. The number of carbonyl (C=O) groups is 1. The number of esters is 1. The summed E-state index contributed by atoms with van der Waals surface area (Å²) in [5.74, 6) is 1.32. The van der Waals surface area contributed by atoms with Gasteiger partial charge in [0.05, 0.1) is 12.7 Å². The Morgan fingerprint density at radius 2 is 1.95 bits per heavy atom. The average Bonchev–Trinajstić information content (AvgIpc) is 2.95. The molecule has 0 aliphatic heterocycles. The van der Waals surface area contributed by atoms with Gasteiger partial charge in [-0.3, -0.25) is 0 Å². The molecule has 108 valence electrons. The lowest BCUT2D eigenvalue weighted by Gasteiger charge is -2.11. The van der Waals surface area contributed by atoms with Crippen molar-refractivity contribution in [3.05, 3.63) is 46.9 Å². The standard InChI is InChI=1S/C16H17N3O2/c1-10-17-14-5-3-4-13(14)15(18-10)19-12-8-6-11(7-9-12)16(20)21-2/h6-9H,3-5H2,1-2H3,(H,17,18,19). The van der Waals surface area contributed by atoms with Crippen molar-refractivity contribution >= 4 is 17.5 Å². The Morgan fingerprint density at radius 1 is 1.19 bits per heavy atom. The molecule has 1 aromatic carbocycles. The van der Waals surface area contributed by atoms with Crippen LogP contribution in [0, 0.1) is 6.92 Å². The second-order valence-electron chi connectivity index (χ2n) is 5.09. The summed E-state index contributed by atoms with van der Waals surface area (Å²) in [6.07, 6.45) is 3.16. The number of methoxy groups -OCH3 is 1. The zero-order valence-electron chi connectivity index (χ0n) is 12.1. The number of rotatable bonds is 3. The lowest BCUT2D eigenvalue weighted by atomic mass is 10.2. The second-order valence-corrected chi connectivity index (χ2v) is 5.09. The summed E-state index contributed by atoms with van der Waals surface area (Å²) < 4.78 is 4.69. The highest BCUT2D eigenvalue weighted by Gasteiger charge is 2.18. The molecule has 0 fully saturated rings. The molecular weight excluding hydrogens is 266 g/mol. The van der Waals surface area contributed by atoms with Gasteiger partial charge in [-0.05, 0) is 50.5 Å². The zero-order chi connectivity index (χ0) is 14.8. The molecule has 5 heteroatoms. The molecule has 0 saturated carbocycles. The van der Waals surface area contributed by atoms with Crippen molar-refractivity contribution in [2.45, 2.75) is 26.2 Å². The number of hydrogen-bond acceptors (Lipinski definition) is 5. The van der Waals surface area contributed by atoms with E-state index in [-0.39, 0.29) is 5.97 Å². The van der Waals surface area contributed by atoms with E-state index in [9.17, 15) is 4.79 Å². The molecule has 0 spiro atoms. The topological polar surface area (TPSA) is 64.1 Å². The van der Waals surface area contributed by atoms with Gasteiger partial charge in [0.25, 0.3) is 0 Å². The highest BCUT2D eigenvalue weighted by Crippen LogP contribution is 2.28. The first-order valence-corrected chi connectivity index (χ1v) is 6.99. The summed E-state index contributed by atoms with van der Waals surface area (Å²) in [4.78, 5) is 20.4. The molecule has 1 aliphatic carbocycles. The van der Waals surface area contributed by atoms with Gasteiger partial charge in [-0.1, -0.05) is 0 Å². The van der Waals surface area contributed by atoms with Crippen LogP contribution in [0.25, 0.3) is 0 Å². The Labute approximate surface area is 123 Å². The number of aryl methyl sites for hydroxylation is 2. The van der Waals surface area contributed by atoms with Crippen LogP contribution >= 0.6 is 0 Å².